The van der Waals surface area contributed by atoms with Crippen molar-refractivity contribution in [2.45, 2.75) is 32.8 Å². The first-order chi connectivity index (χ1) is 4.88. The molecular weight excluding hydrogens is 124 g/mol. The van der Waals surface area contributed by atoms with Crippen molar-refractivity contribution in [3.63, 3.8) is 0 Å². The van der Waals surface area contributed by atoms with Gasteiger partial charge in [0.05, 0.1) is 6.26 Å². The maximum Gasteiger partial charge on any atom is 0.119 e. The lowest BCUT2D eigenvalue weighted by molar-refractivity contribution is 0.165. The molecule has 0 N–H and O–H groups in total. The lowest BCUT2D eigenvalue weighted by Crippen LogP contribution is -2.13. The highest BCUT2D eigenvalue weighted by Gasteiger charge is 2.11. The Morgan fingerprint density at radius 2 is 2.30 bits per heavy atom. The molecule has 0 aromatic rings. The first-order valence-corrected chi connectivity index (χ1v) is 3.89. The van der Waals surface area contributed by atoms with Crippen LogP contribution in [0.5, 0.6) is 0 Å². The van der Waals surface area contributed by atoms with Crippen LogP contribution in [0.1, 0.15) is 26.7 Å². The zero-order valence-corrected chi connectivity index (χ0v) is 6.63. The minimum Gasteiger partial charge on any atom is -0.494 e. The topological polar surface area (TPSA) is 9.23 Å². The van der Waals surface area contributed by atoms with Gasteiger partial charge >= 0.3 is 0 Å². The molecule has 1 atom stereocenters. The summed E-state index contributed by atoms with van der Waals surface area (Å²) in [4.78, 5) is 0. The Morgan fingerprint density at radius 1 is 1.50 bits per heavy atom. The molecule has 0 saturated carbocycles. The van der Waals surface area contributed by atoms with E-state index in [1.54, 1.807) is 6.26 Å². The summed E-state index contributed by atoms with van der Waals surface area (Å²) in [7, 11) is 0. The van der Waals surface area contributed by atoms with Gasteiger partial charge in [-0.15, -0.1) is 0 Å². The summed E-state index contributed by atoms with van der Waals surface area (Å²) in [6, 6.07) is 0. The first kappa shape index (κ1) is 7.39. The van der Waals surface area contributed by atoms with E-state index in [2.05, 4.69) is 19.9 Å². The summed E-state index contributed by atoms with van der Waals surface area (Å²) in [6.07, 6.45) is 8.40. The van der Waals surface area contributed by atoms with Crippen LogP contribution >= 0.6 is 0 Å². The van der Waals surface area contributed by atoms with Gasteiger partial charge in [0, 0.05) is 0 Å². The molecule has 0 fully saturated rings. The molecule has 1 rings (SSSR count). The van der Waals surface area contributed by atoms with Crippen molar-refractivity contribution in [3.05, 3.63) is 24.0 Å². The summed E-state index contributed by atoms with van der Waals surface area (Å²) in [5.74, 6) is 0. The number of ether oxygens (including phenoxy) is 1. The molecule has 0 bridgehead atoms. The fraction of sp³-hybridized carbons (Fsp3) is 0.556. The highest BCUT2D eigenvalue weighted by molar-refractivity contribution is 5.18. The molecule has 1 nitrogen and oxygen atoms in total. The van der Waals surface area contributed by atoms with E-state index in [1.807, 2.05) is 6.08 Å². The van der Waals surface area contributed by atoms with Crippen molar-refractivity contribution in [2.75, 3.05) is 0 Å². The third kappa shape index (κ3) is 1.41. The Hall–Kier alpha value is -0.720. The van der Waals surface area contributed by atoms with Gasteiger partial charge in [0.2, 0.25) is 0 Å². The van der Waals surface area contributed by atoms with E-state index in [1.165, 1.54) is 5.57 Å². The van der Waals surface area contributed by atoms with Crippen molar-refractivity contribution in [3.8, 4) is 0 Å². The molecule has 0 saturated heterocycles. The minimum absolute atomic E-state index is 0.343. The fourth-order valence-electron chi connectivity index (χ4n) is 1.20. The molecule has 1 unspecified atom stereocenters. The van der Waals surface area contributed by atoms with Crippen molar-refractivity contribution in [2.24, 2.45) is 0 Å². The Balaban J connectivity index is 2.61. The lowest BCUT2D eigenvalue weighted by atomic mass is 10.0. The third-order valence-corrected chi connectivity index (χ3v) is 1.82. The summed E-state index contributed by atoms with van der Waals surface area (Å²) < 4.78 is 5.38. The Labute approximate surface area is 62.4 Å². The van der Waals surface area contributed by atoms with Crippen LogP contribution in [-0.2, 0) is 4.74 Å². The van der Waals surface area contributed by atoms with Crippen molar-refractivity contribution >= 4 is 0 Å². The normalized spacial score (nSPS) is 23.8. The highest BCUT2D eigenvalue weighted by Crippen LogP contribution is 2.17. The van der Waals surface area contributed by atoms with Crippen LogP contribution in [0.25, 0.3) is 0 Å². The molecule has 0 amide bonds. The zero-order chi connectivity index (χ0) is 7.40. The van der Waals surface area contributed by atoms with Gasteiger partial charge in [0.15, 0.2) is 0 Å². The second-order valence-corrected chi connectivity index (χ2v) is 2.46. The summed E-state index contributed by atoms with van der Waals surface area (Å²) in [5, 5.41) is 0. The van der Waals surface area contributed by atoms with Crippen molar-refractivity contribution < 1.29 is 4.74 Å². The SMILES string of the molecule is CCC1=CC=COC1CC. The summed E-state index contributed by atoms with van der Waals surface area (Å²) >= 11 is 0. The molecule has 0 radical (unpaired) electrons. The maximum absolute atomic E-state index is 5.38. The fourth-order valence-corrected chi connectivity index (χ4v) is 1.20. The average molecular weight is 138 g/mol. The summed E-state index contributed by atoms with van der Waals surface area (Å²) in [6.45, 7) is 4.31. The molecular formula is C9H14O. The monoisotopic (exact) mass is 138 g/mol. The van der Waals surface area contributed by atoms with Gasteiger partial charge in [0.1, 0.15) is 6.10 Å². The molecule has 1 heteroatoms. The van der Waals surface area contributed by atoms with E-state index in [-0.39, 0.29) is 0 Å². The molecule has 56 valence electrons. The number of hydrogen-bond acceptors (Lipinski definition) is 1. The van der Waals surface area contributed by atoms with E-state index in [4.69, 9.17) is 4.74 Å². The molecule has 0 spiro atoms. The average Bonchev–Trinajstić information content (AvgIpc) is 2.04. The van der Waals surface area contributed by atoms with Crippen molar-refractivity contribution in [1.82, 2.24) is 0 Å². The van der Waals surface area contributed by atoms with E-state index >= 15 is 0 Å². The smallest absolute Gasteiger partial charge is 0.119 e. The Morgan fingerprint density at radius 3 is 2.80 bits per heavy atom. The van der Waals surface area contributed by atoms with Gasteiger partial charge in [-0.2, -0.15) is 0 Å². The largest absolute Gasteiger partial charge is 0.494 e. The van der Waals surface area contributed by atoms with Crippen molar-refractivity contribution in [1.29, 1.82) is 0 Å². The van der Waals surface area contributed by atoms with E-state index in [0.717, 1.165) is 12.8 Å². The van der Waals surface area contributed by atoms with Gasteiger partial charge in [-0.05, 0) is 24.5 Å². The van der Waals surface area contributed by atoms with Gasteiger partial charge < -0.3 is 4.74 Å². The van der Waals surface area contributed by atoms with E-state index in [0.29, 0.717) is 6.10 Å². The van der Waals surface area contributed by atoms with Gasteiger partial charge in [-0.1, -0.05) is 19.9 Å². The molecule has 10 heavy (non-hydrogen) atoms. The predicted molar refractivity (Wildman–Crippen MR) is 42.7 cm³/mol. The van der Waals surface area contributed by atoms with Crippen LogP contribution in [0.2, 0.25) is 0 Å². The second-order valence-electron chi connectivity index (χ2n) is 2.46. The second kappa shape index (κ2) is 3.45. The number of rotatable bonds is 2. The van der Waals surface area contributed by atoms with E-state index < -0.39 is 0 Å². The standard InChI is InChI=1S/C9H14O/c1-3-8-6-5-7-10-9(8)4-2/h5-7,9H,3-4H2,1-2H3. The maximum atomic E-state index is 5.38. The Kier molecular flexibility index (Phi) is 2.55. The molecule has 0 aromatic carbocycles. The zero-order valence-electron chi connectivity index (χ0n) is 6.63. The minimum atomic E-state index is 0.343. The summed E-state index contributed by atoms with van der Waals surface area (Å²) in [5.41, 5.74) is 1.41. The molecule has 1 aliphatic heterocycles. The molecule has 0 aromatic heterocycles. The quantitative estimate of drug-likeness (QED) is 0.570. The Bertz CT molecular complexity index is 156. The molecule has 1 heterocycles. The van der Waals surface area contributed by atoms with Crippen LogP contribution in [0, 0.1) is 0 Å². The van der Waals surface area contributed by atoms with Crippen LogP contribution in [-0.4, -0.2) is 6.10 Å². The van der Waals surface area contributed by atoms with Crippen LogP contribution in [0.4, 0.5) is 0 Å². The first-order valence-electron chi connectivity index (χ1n) is 3.89. The van der Waals surface area contributed by atoms with Gasteiger partial charge in [-0.25, -0.2) is 0 Å². The predicted octanol–water partition coefficient (Wildman–Crippen LogP) is 2.65. The molecule has 1 aliphatic rings. The molecule has 0 aliphatic carbocycles. The van der Waals surface area contributed by atoms with Crippen LogP contribution in [0.15, 0.2) is 24.0 Å². The number of allylic oxidation sites excluding steroid dienone is 2. The third-order valence-electron chi connectivity index (χ3n) is 1.82. The van der Waals surface area contributed by atoms with Gasteiger partial charge in [0.25, 0.3) is 0 Å². The lowest BCUT2D eigenvalue weighted by Gasteiger charge is -2.19. The highest BCUT2D eigenvalue weighted by atomic mass is 16.5. The van der Waals surface area contributed by atoms with Gasteiger partial charge in [-0.3, -0.25) is 0 Å². The van der Waals surface area contributed by atoms with Crippen LogP contribution in [0.3, 0.4) is 0 Å². The van der Waals surface area contributed by atoms with Crippen LogP contribution < -0.4 is 0 Å². The number of hydrogen-bond donors (Lipinski definition) is 0. The van der Waals surface area contributed by atoms with E-state index in [9.17, 15) is 0 Å².